The summed E-state index contributed by atoms with van der Waals surface area (Å²) in [5.74, 6) is 0. The quantitative estimate of drug-likeness (QED) is 0.510. The molecule has 0 atom stereocenters. The third-order valence-corrected chi connectivity index (χ3v) is 5.44. The third-order valence-electron chi connectivity index (χ3n) is 4.94. The molecule has 2 heterocycles. The van der Waals surface area contributed by atoms with Crippen molar-refractivity contribution < 1.29 is 18.4 Å². The highest BCUT2D eigenvalue weighted by atomic mass is 79.9. The molecule has 1 aliphatic rings. The minimum absolute atomic E-state index is 0.508. The second kappa shape index (κ2) is 9.67. The highest BCUT2D eigenvalue weighted by Gasteiger charge is 2.31. The number of alkyl halides is 3. The Bertz CT molecular complexity index is 877. The average molecular weight is 473 g/mol. The second-order valence-electron chi connectivity index (χ2n) is 7.01. The van der Waals surface area contributed by atoms with Gasteiger partial charge in [-0.15, -0.1) is 0 Å². The van der Waals surface area contributed by atoms with Gasteiger partial charge in [-0.2, -0.15) is 17.9 Å². The number of anilines is 1. The minimum atomic E-state index is -4.31. The first-order valence-electron chi connectivity index (χ1n) is 9.55. The normalized spacial score (nSPS) is 16.4. The molecule has 0 radical (unpaired) electrons. The molecule has 0 amide bonds. The summed E-state index contributed by atoms with van der Waals surface area (Å²) in [5, 5.41) is 9.70. The summed E-state index contributed by atoms with van der Waals surface area (Å²) in [7, 11) is 0. The Balaban J connectivity index is 1.42. The molecule has 1 N–H and O–H groups in total. The van der Waals surface area contributed by atoms with E-state index in [0.29, 0.717) is 30.8 Å². The summed E-state index contributed by atoms with van der Waals surface area (Å²) in [4.78, 5) is 8.73. The minimum Gasteiger partial charge on any atom is -0.427 e. The van der Waals surface area contributed by atoms with Gasteiger partial charge in [0.15, 0.2) is 5.49 Å². The SMILES string of the molecule is On1ccc(Br)cc1=NCCCCN1CCN(c2cccc(C(F)(F)F)c2)CC1. The van der Waals surface area contributed by atoms with Crippen LogP contribution in [0.25, 0.3) is 0 Å². The molecule has 158 valence electrons. The third kappa shape index (κ3) is 6.24. The molecule has 1 fully saturated rings. The monoisotopic (exact) mass is 472 g/mol. The smallest absolute Gasteiger partial charge is 0.416 e. The number of piperazine rings is 1. The number of halogens is 4. The van der Waals surface area contributed by atoms with Gasteiger partial charge >= 0.3 is 6.18 Å². The van der Waals surface area contributed by atoms with Crippen molar-refractivity contribution >= 4 is 21.6 Å². The van der Waals surface area contributed by atoms with Crippen molar-refractivity contribution in [3.63, 3.8) is 0 Å². The number of benzene rings is 1. The van der Waals surface area contributed by atoms with Crippen LogP contribution >= 0.6 is 15.9 Å². The lowest BCUT2D eigenvalue weighted by Gasteiger charge is -2.36. The van der Waals surface area contributed by atoms with E-state index in [1.807, 2.05) is 4.90 Å². The van der Waals surface area contributed by atoms with Gasteiger partial charge in [-0.1, -0.05) is 22.0 Å². The fourth-order valence-electron chi connectivity index (χ4n) is 3.32. The second-order valence-corrected chi connectivity index (χ2v) is 7.93. The van der Waals surface area contributed by atoms with Crippen molar-refractivity contribution in [1.82, 2.24) is 9.63 Å². The average Bonchev–Trinajstić information content (AvgIpc) is 2.70. The standard InChI is InChI=1S/C20H24BrF3N4O/c21-17-6-9-28(29)19(15-17)25-7-1-2-8-26-10-12-27(13-11-26)18-5-3-4-16(14-18)20(22,23)24/h3-6,9,14-15,29H,1-2,7-8,10-13H2. The summed E-state index contributed by atoms with van der Waals surface area (Å²) in [6.07, 6.45) is -0.895. The molecule has 2 aromatic rings. The maximum atomic E-state index is 12.9. The van der Waals surface area contributed by atoms with Gasteiger partial charge < -0.3 is 10.1 Å². The van der Waals surface area contributed by atoms with E-state index in [1.54, 1.807) is 18.2 Å². The van der Waals surface area contributed by atoms with E-state index >= 15 is 0 Å². The molecule has 29 heavy (non-hydrogen) atoms. The Labute approximate surface area is 176 Å². The van der Waals surface area contributed by atoms with Crippen LogP contribution in [-0.4, -0.2) is 54.1 Å². The topological polar surface area (TPSA) is 44.0 Å². The molecule has 0 saturated carbocycles. The van der Waals surface area contributed by atoms with Crippen LogP contribution in [0, 0.1) is 0 Å². The van der Waals surface area contributed by atoms with E-state index in [-0.39, 0.29) is 0 Å². The molecular formula is C20H24BrF3N4O. The van der Waals surface area contributed by atoms with Crippen molar-refractivity contribution in [2.45, 2.75) is 19.0 Å². The lowest BCUT2D eigenvalue weighted by molar-refractivity contribution is -0.137. The molecule has 1 aliphatic heterocycles. The highest BCUT2D eigenvalue weighted by Crippen LogP contribution is 2.31. The van der Waals surface area contributed by atoms with Gasteiger partial charge in [-0.05, 0) is 49.7 Å². The maximum absolute atomic E-state index is 12.9. The van der Waals surface area contributed by atoms with Crippen molar-refractivity contribution in [3.8, 4) is 0 Å². The number of nitrogens with zero attached hydrogens (tertiary/aromatic N) is 4. The van der Waals surface area contributed by atoms with Crippen molar-refractivity contribution in [1.29, 1.82) is 0 Å². The first-order valence-corrected chi connectivity index (χ1v) is 10.3. The zero-order valence-electron chi connectivity index (χ0n) is 15.9. The molecule has 1 aromatic heterocycles. The summed E-state index contributed by atoms with van der Waals surface area (Å²) in [5.41, 5.74) is 0.537. The molecule has 3 rings (SSSR count). The number of pyridine rings is 1. The van der Waals surface area contributed by atoms with Gasteiger partial charge in [0.05, 0.1) is 5.56 Å². The van der Waals surface area contributed by atoms with Crippen molar-refractivity contribution in [2.24, 2.45) is 4.99 Å². The number of hydrogen-bond acceptors (Lipinski definition) is 4. The summed E-state index contributed by atoms with van der Waals surface area (Å²) >= 11 is 3.36. The zero-order chi connectivity index (χ0) is 20.9. The summed E-state index contributed by atoms with van der Waals surface area (Å²) < 4.78 is 40.6. The Kier molecular flexibility index (Phi) is 7.23. The number of hydrogen-bond donors (Lipinski definition) is 1. The first kappa shape index (κ1) is 21.7. The fourth-order valence-corrected chi connectivity index (χ4v) is 3.65. The van der Waals surface area contributed by atoms with Crippen LogP contribution in [0.3, 0.4) is 0 Å². The zero-order valence-corrected chi connectivity index (χ0v) is 17.5. The Morgan fingerprint density at radius 3 is 2.52 bits per heavy atom. The lowest BCUT2D eigenvalue weighted by Crippen LogP contribution is -2.46. The maximum Gasteiger partial charge on any atom is 0.416 e. The van der Waals surface area contributed by atoms with Crippen LogP contribution in [0.1, 0.15) is 18.4 Å². The Morgan fingerprint density at radius 2 is 1.79 bits per heavy atom. The van der Waals surface area contributed by atoms with Gasteiger partial charge in [0.25, 0.3) is 0 Å². The van der Waals surface area contributed by atoms with Crippen LogP contribution in [0.15, 0.2) is 52.1 Å². The number of rotatable bonds is 6. The van der Waals surface area contributed by atoms with Crippen LogP contribution in [0.2, 0.25) is 0 Å². The molecule has 5 nitrogen and oxygen atoms in total. The highest BCUT2D eigenvalue weighted by molar-refractivity contribution is 9.10. The van der Waals surface area contributed by atoms with E-state index < -0.39 is 11.7 Å². The predicted molar refractivity (Wildman–Crippen MR) is 109 cm³/mol. The van der Waals surface area contributed by atoms with E-state index in [9.17, 15) is 18.4 Å². The molecular weight excluding hydrogens is 449 g/mol. The van der Waals surface area contributed by atoms with Gasteiger partial charge in [-0.3, -0.25) is 9.89 Å². The molecule has 1 aromatic carbocycles. The number of aromatic nitrogens is 1. The summed E-state index contributed by atoms with van der Waals surface area (Å²) in [6, 6.07) is 9.03. The summed E-state index contributed by atoms with van der Waals surface area (Å²) in [6.45, 7) is 4.65. The van der Waals surface area contributed by atoms with Crippen molar-refractivity contribution in [2.75, 3.05) is 44.2 Å². The molecule has 9 heteroatoms. The molecule has 0 spiro atoms. The number of unbranched alkanes of at least 4 members (excludes halogenated alkanes) is 1. The lowest BCUT2D eigenvalue weighted by atomic mass is 10.1. The van der Waals surface area contributed by atoms with Gasteiger partial charge in [0.2, 0.25) is 0 Å². The Morgan fingerprint density at radius 1 is 1.03 bits per heavy atom. The molecule has 1 saturated heterocycles. The van der Waals surface area contributed by atoms with E-state index in [2.05, 4.69) is 25.8 Å². The van der Waals surface area contributed by atoms with Gasteiger partial charge in [0, 0.05) is 49.1 Å². The van der Waals surface area contributed by atoms with E-state index in [4.69, 9.17) is 0 Å². The predicted octanol–water partition coefficient (Wildman–Crippen LogP) is 4.01. The first-order chi connectivity index (χ1) is 13.8. The van der Waals surface area contributed by atoms with Crippen molar-refractivity contribution in [3.05, 3.63) is 58.1 Å². The van der Waals surface area contributed by atoms with Gasteiger partial charge in [0.1, 0.15) is 0 Å². The van der Waals surface area contributed by atoms with Crippen LogP contribution in [-0.2, 0) is 6.18 Å². The largest absolute Gasteiger partial charge is 0.427 e. The molecule has 0 aliphatic carbocycles. The van der Waals surface area contributed by atoms with Crippen LogP contribution < -0.4 is 10.4 Å². The van der Waals surface area contributed by atoms with E-state index in [0.717, 1.165) is 47.7 Å². The fraction of sp³-hybridized carbons (Fsp3) is 0.450. The van der Waals surface area contributed by atoms with Gasteiger partial charge in [-0.25, -0.2) is 0 Å². The van der Waals surface area contributed by atoms with Crippen LogP contribution in [0.5, 0.6) is 0 Å². The Hall–Kier alpha value is -2.00. The van der Waals surface area contributed by atoms with E-state index in [1.165, 1.54) is 18.3 Å². The molecule has 0 bridgehead atoms. The van der Waals surface area contributed by atoms with Crippen LogP contribution in [0.4, 0.5) is 18.9 Å². The molecule has 0 unspecified atom stereocenters.